The van der Waals surface area contributed by atoms with Crippen LogP contribution in [0.25, 0.3) is 0 Å². The van der Waals surface area contributed by atoms with Crippen molar-refractivity contribution in [1.29, 1.82) is 0 Å². The van der Waals surface area contributed by atoms with Crippen molar-refractivity contribution >= 4 is 28.4 Å². The van der Waals surface area contributed by atoms with Crippen LogP contribution in [0, 0.1) is 3.57 Å². The maximum atomic E-state index is 11.9. The summed E-state index contributed by atoms with van der Waals surface area (Å²) in [6, 6.07) is 1.38. The summed E-state index contributed by atoms with van der Waals surface area (Å²) in [5, 5.41) is 0. The molecule has 0 radical (unpaired) electrons. The Morgan fingerprint density at radius 3 is 2.67 bits per heavy atom. The Hall–Kier alpha value is -0.590. The molecule has 2 nitrogen and oxygen atoms in total. The van der Waals surface area contributed by atoms with Gasteiger partial charge in [-0.25, -0.2) is 8.78 Å². The van der Waals surface area contributed by atoms with Gasteiger partial charge in [-0.3, -0.25) is 9.78 Å². The Labute approximate surface area is 81.1 Å². The van der Waals surface area contributed by atoms with E-state index < -0.39 is 12.2 Å². The monoisotopic (exact) mass is 283 g/mol. The average Bonchev–Trinajstić information content (AvgIpc) is 2.03. The van der Waals surface area contributed by atoms with Crippen molar-refractivity contribution in [1.82, 2.24) is 4.98 Å². The Morgan fingerprint density at radius 2 is 2.17 bits per heavy atom. The summed E-state index contributed by atoms with van der Waals surface area (Å²) < 4.78 is 24.4. The van der Waals surface area contributed by atoms with E-state index in [1.807, 2.05) is 22.6 Å². The normalized spacial score (nSPS) is 10.3. The first-order chi connectivity index (χ1) is 5.61. The van der Waals surface area contributed by atoms with Gasteiger partial charge in [-0.05, 0) is 28.7 Å². The van der Waals surface area contributed by atoms with Crippen molar-refractivity contribution in [3.63, 3.8) is 0 Å². The lowest BCUT2D eigenvalue weighted by atomic mass is 10.2. The molecular formula is C7H4F2INO. The number of pyridine rings is 1. The number of Topliss-reactive ketones (excluding diaryl/α,β-unsaturated/α-hetero) is 1. The number of halogens is 3. The van der Waals surface area contributed by atoms with Gasteiger partial charge >= 0.3 is 6.43 Å². The molecule has 0 bridgehead atoms. The fraction of sp³-hybridized carbons (Fsp3) is 0.143. The first-order valence-electron chi connectivity index (χ1n) is 3.04. The van der Waals surface area contributed by atoms with Gasteiger partial charge in [-0.1, -0.05) is 0 Å². The summed E-state index contributed by atoms with van der Waals surface area (Å²) in [6.07, 6.45) is -0.329. The molecule has 0 aliphatic carbocycles. The van der Waals surface area contributed by atoms with E-state index in [1.54, 1.807) is 0 Å². The quantitative estimate of drug-likeness (QED) is 0.615. The molecule has 1 rings (SSSR count). The number of hydrogen-bond donors (Lipinski definition) is 0. The summed E-state index contributed by atoms with van der Waals surface area (Å²) in [5.41, 5.74) is -0.0445. The van der Waals surface area contributed by atoms with E-state index >= 15 is 0 Å². The van der Waals surface area contributed by atoms with E-state index in [4.69, 9.17) is 0 Å². The summed E-state index contributed by atoms with van der Waals surface area (Å²) in [5.74, 6) is -1.18. The molecule has 0 spiro atoms. The highest BCUT2D eigenvalue weighted by atomic mass is 127. The van der Waals surface area contributed by atoms with Gasteiger partial charge in [-0.15, -0.1) is 0 Å². The third kappa shape index (κ3) is 2.20. The number of carbonyl (C=O) groups is 1. The molecule has 0 N–H and O–H groups in total. The molecule has 0 atom stereocenters. The summed E-state index contributed by atoms with van der Waals surface area (Å²) in [7, 11) is 0. The summed E-state index contributed by atoms with van der Waals surface area (Å²) in [4.78, 5) is 14.3. The number of aromatic nitrogens is 1. The van der Waals surface area contributed by atoms with Crippen LogP contribution in [0.5, 0.6) is 0 Å². The SMILES string of the molecule is O=C(c1cncc(I)c1)C(F)F. The van der Waals surface area contributed by atoms with Crippen molar-refractivity contribution in [3.8, 4) is 0 Å². The topological polar surface area (TPSA) is 30.0 Å². The van der Waals surface area contributed by atoms with E-state index in [2.05, 4.69) is 4.98 Å². The van der Waals surface area contributed by atoms with Crippen LogP contribution in [0.3, 0.4) is 0 Å². The highest BCUT2D eigenvalue weighted by molar-refractivity contribution is 14.1. The third-order valence-corrected chi connectivity index (χ3v) is 1.78. The fourth-order valence-corrected chi connectivity index (χ4v) is 1.17. The number of carbonyl (C=O) groups excluding carboxylic acids is 1. The van der Waals surface area contributed by atoms with E-state index in [0.29, 0.717) is 3.57 Å². The largest absolute Gasteiger partial charge is 0.300 e. The molecule has 0 aromatic carbocycles. The zero-order valence-electron chi connectivity index (χ0n) is 5.80. The molecule has 0 aliphatic heterocycles. The molecule has 1 aromatic rings. The minimum Gasteiger partial charge on any atom is -0.288 e. The third-order valence-electron chi connectivity index (χ3n) is 1.19. The standard InChI is InChI=1S/C7H4F2INO/c8-7(9)6(12)4-1-5(10)3-11-2-4/h1-3,7H. The minimum atomic E-state index is -2.95. The van der Waals surface area contributed by atoms with Crippen LogP contribution < -0.4 is 0 Å². The molecule has 64 valence electrons. The average molecular weight is 283 g/mol. The smallest absolute Gasteiger partial charge is 0.288 e. The Morgan fingerprint density at radius 1 is 1.50 bits per heavy atom. The van der Waals surface area contributed by atoms with Crippen molar-refractivity contribution in [3.05, 3.63) is 27.6 Å². The minimum absolute atomic E-state index is 0.0445. The van der Waals surface area contributed by atoms with Crippen molar-refractivity contribution in [2.24, 2.45) is 0 Å². The summed E-state index contributed by atoms with van der Waals surface area (Å²) in [6.45, 7) is 0. The van der Waals surface area contributed by atoms with Crippen LogP contribution >= 0.6 is 22.6 Å². The second kappa shape index (κ2) is 3.88. The van der Waals surface area contributed by atoms with Gasteiger partial charge in [-0.2, -0.15) is 0 Å². The lowest BCUT2D eigenvalue weighted by molar-refractivity contribution is 0.0678. The van der Waals surface area contributed by atoms with Crippen LogP contribution in [-0.2, 0) is 0 Å². The lowest BCUT2D eigenvalue weighted by Gasteiger charge is -1.98. The van der Waals surface area contributed by atoms with Gasteiger partial charge in [0.15, 0.2) is 0 Å². The highest BCUT2D eigenvalue weighted by Gasteiger charge is 2.17. The Bertz CT molecular complexity index is 303. The zero-order chi connectivity index (χ0) is 9.14. The first-order valence-corrected chi connectivity index (χ1v) is 4.12. The molecule has 0 amide bonds. The number of hydrogen-bond acceptors (Lipinski definition) is 2. The van der Waals surface area contributed by atoms with Gasteiger partial charge in [0, 0.05) is 21.5 Å². The Balaban J connectivity index is 2.96. The van der Waals surface area contributed by atoms with Gasteiger partial charge in [0.2, 0.25) is 5.78 Å². The first kappa shape index (κ1) is 9.50. The molecule has 1 heterocycles. The lowest BCUT2D eigenvalue weighted by Crippen LogP contribution is -2.10. The van der Waals surface area contributed by atoms with E-state index in [9.17, 15) is 13.6 Å². The van der Waals surface area contributed by atoms with Crippen LogP contribution in [0.2, 0.25) is 0 Å². The number of nitrogens with zero attached hydrogens (tertiary/aromatic N) is 1. The molecule has 0 saturated heterocycles. The van der Waals surface area contributed by atoms with Crippen molar-refractivity contribution < 1.29 is 13.6 Å². The molecular weight excluding hydrogens is 279 g/mol. The number of rotatable bonds is 2. The summed E-state index contributed by atoms with van der Waals surface area (Å²) >= 11 is 1.90. The predicted molar refractivity (Wildman–Crippen MR) is 47.3 cm³/mol. The molecule has 0 aliphatic rings. The van der Waals surface area contributed by atoms with Crippen LogP contribution in [0.15, 0.2) is 18.5 Å². The highest BCUT2D eigenvalue weighted by Crippen LogP contribution is 2.09. The van der Waals surface area contributed by atoms with Crippen molar-refractivity contribution in [2.45, 2.75) is 6.43 Å². The molecule has 0 fully saturated rings. The second-order valence-electron chi connectivity index (χ2n) is 2.06. The molecule has 1 aromatic heterocycles. The van der Waals surface area contributed by atoms with Gasteiger partial charge < -0.3 is 0 Å². The fourth-order valence-electron chi connectivity index (χ4n) is 0.673. The molecule has 0 unspecified atom stereocenters. The van der Waals surface area contributed by atoms with E-state index in [-0.39, 0.29) is 5.56 Å². The van der Waals surface area contributed by atoms with Gasteiger partial charge in [0.1, 0.15) is 0 Å². The van der Waals surface area contributed by atoms with Gasteiger partial charge in [0.25, 0.3) is 0 Å². The van der Waals surface area contributed by atoms with Crippen molar-refractivity contribution in [2.75, 3.05) is 0 Å². The Kier molecular flexibility index (Phi) is 3.07. The maximum absolute atomic E-state index is 11.9. The van der Waals surface area contributed by atoms with Gasteiger partial charge in [0.05, 0.1) is 0 Å². The van der Waals surface area contributed by atoms with Crippen LogP contribution in [0.4, 0.5) is 8.78 Å². The molecule has 12 heavy (non-hydrogen) atoms. The van der Waals surface area contributed by atoms with Crippen LogP contribution in [-0.4, -0.2) is 17.2 Å². The number of alkyl halides is 2. The number of ketones is 1. The van der Waals surface area contributed by atoms with E-state index in [1.165, 1.54) is 12.3 Å². The zero-order valence-corrected chi connectivity index (χ0v) is 7.96. The second-order valence-corrected chi connectivity index (χ2v) is 3.30. The predicted octanol–water partition coefficient (Wildman–Crippen LogP) is 2.13. The maximum Gasteiger partial charge on any atom is 0.300 e. The van der Waals surface area contributed by atoms with E-state index in [0.717, 1.165) is 6.20 Å². The molecule has 0 saturated carbocycles. The molecule has 5 heteroatoms. The van der Waals surface area contributed by atoms with Crippen LogP contribution in [0.1, 0.15) is 10.4 Å².